The monoisotopic (exact) mass is 307 g/mol. The molecule has 0 bridgehead atoms. The maximum absolute atomic E-state index is 12.3. The molecular formula is C16H25N3OS. The minimum Gasteiger partial charge on any atom is -0.343 e. The molecule has 1 amide bonds. The fourth-order valence-electron chi connectivity index (χ4n) is 3.47. The number of piperidine rings is 2. The van der Waals surface area contributed by atoms with Crippen molar-refractivity contribution in [2.75, 3.05) is 26.2 Å². The normalized spacial score (nSPS) is 21.6. The van der Waals surface area contributed by atoms with E-state index in [-0.39, 0.29) is 0 Å². The zero-order valence-corrected chi connectivity index (χ0v) is 13.4. The molecule has 0 aromatic carbocycles. The molecule has 0 aliphatic carbocycles. The van der Waals surface area contributed by atoms with Gasteiger partial charge in [-0.1, -0.05) is 0 Å². The van der Waals surface area contributed by atoms with Crippen LogP contribution in [0, 0.1) is 5.92 Å². The highest BCUT2D eigenvalue weighted by Crippen LogP contribution is 2.29. The summed E-state index contributed by atoms with van der Waals surface area (Å²) in [6, 6.07) is 0. The van der Waals surface area contributed by atoms with Crippen molar-refractivity contribution in [2.24, 2.45) is 5.92 Å². The quantitative estimate of drug-likeness (QED) is 0.930. The molecule has 0 unspecified atom stereocenters. The summed E-state index contributed by atoms with van der Waals surface area (Å²) in [7, 11) is 0. The van der Waals surface area contributed by atoms with Crippen LogP contribution >= 0.6 is 11.3 Å². The fourth-order valence-corrected chi connectivity index (χ4v) is 4.28. The van der Waals surface area contributed by atoms with Gasteiger partial charge in [-0.25, -0.2) is 4.98 Å². The molecule has 0 atom stereocenters. The molecule has 4 nitrogen and oxygen atoms in total. The molecule has 2 fully saturated rings. The van der Waals surface area contributed by atoms with Crippen LogP contribution in [0.1, 0.15) is 49.5 Å². The summed E-state index contributed by atoms with van der Waals surface area (Å²) in [4.78, 5) is 18.8. The number of thiazole rings is 1. The zero-order valence-electron chi connectivity index (χ0n) is 12.6. The van der Waals surface area contributed by atoms with Crippen molar-refractivity contribution >= 4 is 17.2 Å². The van der Waals surface area contributed by atoms with Gasteiger partial charge in [0, 0.05) is 37.0 Å². The van der Waals surface area contributed by atoms with Crippen LogP contribution in [0.5, 0.6) is 0 Å². The number of rotatable bonds is 4. The van der Waals surface area contributed by atoms with E-state index in [2.05, 4.69) is 15.2 Å². The standard InChI is InChI=1S/C16H25N3OS/c20-15(2-1-13-3-7-17-8-4-13)19-10-5-14(6-11-19)16-18-9-12-21-16/h9,12-14,17H,1-8,10-11H2. The van der Waals surface area contributed by atoms with Crippen molar-refractivity contribution in [3.05, 3.63) is 16.6 Å². The topological polar surface area (TPSA) is 45.2 Å². The van der Waals surface area contributed by atoms with Crippen molar-refractivity contribution in [1.29, 1.82) is 0 Å². The van der Waals surface area contributed by atoms with Gasteiger partial charge in [-0.2, -0.15) is 0 Å². The van der Waals surface area contributed by atoms with Crippen molar-refractivity contribution in [3.63, 3.8) is 0 Å². The van der Waals surface area contributed by atoms with Crippen molar-refractivity contribution in [1.82, 2.24) is 15.2 Å². The average Bonchev–Trinajstić information content (AvgIpc) is 3.08. The molecule has 0 spiro atoms. The maximum atomic E-state index is 12.3. The SMILES string of the molecule is O=C(CCC1CCNCC1)N1CCC(c2nccs2)CC1. The van der Waals surface area contributed by atoms with Gasteiger partial charge >= 0.3 is 0 Å². The second-order valence-electron chi connectivity index (χ2n) is 6.26. The number of carbonyl (C=O) groups is 1. The molecule has 2 aliphatic heterocycles. The van der Waals surface area contributed by atoms with E-state index in [1.807, 2.05) is 11.6 Å². The van der Waals surface area contributed by atoms with Gasteiger partial charge < -0.3 is 10.2 Å². The van der Waals surface area contributed by atoms with Crippen molar-refractivity contribution in [2.45, 2.75) is 44.4 Å². The summed E-state index contributed by atoms with van der Waals surface area (Å²) in [5.41, 5.74) is 0. The summed E-state index contributed by atoms with van der Waals surface area (Å²) in [6.45, 7) is 4.07. The van der Waals surface area contributed by atoms with E-state index in [0.717, 1.165) is 57.8 Å². The summed E-state index contributed by atoms with van der Waals surface area (Å²) in [6.07, 6.45) is 8.33. The minimum atomic E-state index is 0.367. The Kier molecular flexibility index (Phi) is 5.25. The highest BCUT2D eigenvalue weighted by Gasteiger charge is 2.25. The van der Waals surface area contributed by atoms with Crippen LogP contribution in [0.15, 0.2) is 11.6 Å². The summed E-state index contributed by atoms with van der Waals surface area (Å²) in [5.74, 6) is 1.69. The van der Waals surface area contributed by atoms with Crippen LogP contribution < -0.4 is 5.32 Å². The van der Waals surface area contributed by atoms with Crippen LogP contribution in [0.25, 0.3) is 0 Å². The van der Waals surface area contributed by atoms with E-state index in [1.54, 1.807) is 11.3 Å². The first-order chi connectivity index (χ1) is 10.3. The van der Waals surface area contributed by atoms with Gasteiger partial charge in [-0.05, 0) is 51.1 Å². The highest BCUT2D eigenvalue weighted by atomic mass is 32.1. The molecule has 5 heteroatoms. The van der Waals surface area contributed by atoms with Crippen LogP contribution in [0.4, 0.5) is 0 Å². The Balaban J connectivity index is 1.40. The molecule has 116 valence electrons. The Bertz CT molecular complexity index is 434. The highest BCUT2D eigenvalue weighted by molar-refractivity contribution is 7.09. The lowest BCUT2D eigenvalue weighted by Crippen LogP contribution is -2.38. The fraction of sp³-hybridized carbons (Fsp3) is 0.750. The number of hydrogen-bond donors (Lipinski definition) is 1. The van der Waals surface area contributed by atoms with Gasteiger partial charge in [0.25, 0.3) is 0 Å². The van der Waals surface area contributed by atoms with E-state index in [4.69, 9.17) is 0 Å². The van der Waals surface area contributed by atoms with Crippen molar-refractivity contribution in [3.8, 4) is 0 Å². The summed E-state index contributed by atoms with van der Waals surface area (Å²) >= 11 is 1.75. The van der Waals surface area contributed by atoms with Crippen LogP contribution in [0.2, 0.25) is 0 Å². The third-order valence-corrected chi connectivity index (χ3v) is 5.81. The van der Waals surface area contributed by atoms with E-state index in [0.29, 0.717) is 11.8 Å². The number of amides is 1. The van der Waals surface area contributed by atoms with Crippen LogP contribution in [-0.4, -0.2) is 42.0 Å². The van der Waals surface area contributed by atoms with Gasteiger partial charge in [0.1, 0.15) is 0 Å². The number of hydrogen-bond acceptors (Lipinski definition) is 4. The second kappa shape index (κ2) is 7.36. The number of likely N-dealkylation sites (tertiary alicyclic amines) is 1. The predicted octanol–water partition coefficient (Wildman–Crippen LogP) is 2.63. The van der Waals surface area contributed by atoms with Gasteiger partial charge in [0.15, 0.2) is 0 Å². The first-order valence-corrected chi connectivity index (χ1v) is 9.09. The Morgan fingerprint density at radius 1 is 1.29 bits per heavy atom. The molecule has 0 radical (unpaired) electrons. The second-order valence-corrected chi connectivity index (χ2v) is 7.18. The van der Waals surface area contributed by atoms with Gasteiger partial charge in [-0.3, -0.25) is 4.79 Å². The molecule has 2 aliphatic rings. The molecular weight excluding hydrogens is 282 g/mol. The Hall–Kier alpha value is -0.940. The largest absolute Gasteiger partial charge is 0.343 e. The summed E-state index contributed by atoms with van der Waals surface area (Å²) in [5, 5.41) is 6.68. The molecule has 3 rings (SSSR count). The summed E-state index contributed by atoms with van der Waals surface area (Å²) < 4.78 is 0. The Morgan fingerprint density at radius 3 is 2.71 bits per heavy atom. The molecule has 21 heavy (non-hydrogen) atoms. The number of carbonyl (C=O) groups excluding carboxylic acids is 1. The number of nitrogens with zero attached hydrogens (tertiary/aromatic N) is 2. The first kappa shape index (κ1) is 15.0. The van der Waals surface area contributed by atoms with E-state index in [9.17, 15) is 4.79 Å². The molecule has 1 aromatic heterocycles. The van der Waals surface area contributed by atoms with Crippen LogP contribution in [0.3, 0.4) is 0 Å². The first-order valence-electron chi connectivity index (χ1n) is 8.21. The molecule has 3 heterocycles. The van der Waals surface area contributed by atoms with E-state index in [1.165, 1.54) is 17.8 Å². The number of nitrogens with one attached hydrogen (secondary N) is 1. The molecule has 0 saturated carbocycles. The lowest BCUT2D eigenvalue weighted by atomic mass is 9.92. The number of aromatic nitrogens is 1. The maximum Gasteiger partial charge on any atom is 0.222 e. The molecule has 1 N–H and O–H groups in total. The third kappa shape index (κ3) is 4.04. The zero-order chi connectivity index (χ0) is 14.5. The molecule has 1 aromatic rings. The average molecular weight is 307 g/mol. The Labute approximate surface area is 130 Å². The lowest BCUT2D eigenvalue weighted by molar-refractivity contribution is -0.132. The van der Waals surface area contributed by atoms with E-state index < -0.39 is 0 Å². The lowest BCUT2D eigenvalue weighted by Gasteiger charge is -2.32. The van der Waals surface area contributed by atoms with E-state index >= 15 is 0 Å². The molecule has 2 saturated heterocycles. The minimum absolute atomic E-state index is 0.367. The van der Waals surface area contributed by atoms with Gasteiger partial charge in [0.05, 0.1) is 5.01 Å². The van der Waals surface area contributed by atoms with Gasteiger partial charge in [-0.15, -0.1) is 11.3 Å². The van der Waals surface area contributed by atoms with Crippen molar-refractivity contribution < 1.29 is 4.79 Å². The third-order valence-electron chi connectivity index (χ3n) is 4.87. The Morgan fingerprint density at radius 2 is 2.05 bits per heavy atom. The van der Waals surface area contributed by atoms with Gasteiger partial charge in [0.2, 0.25) is 5.91 Å². The smallest absolute Gasteiger partial charge is 0.222 e. The predicted molar refractivity (Wildman–Crippen MR) is 85.5 cm³/mol. The van der Waals surface area contributed by atoms with Crippen LogP contribution in [-0.2, 0) is 4.79 Å².